The molecule has 0 saturated heterocycles. The van der Waals surface area contributed by atoms with Gasteiger partial charge in [0.15, 0.2) is 5.82 Å². The van der Waals surface area contributed by atoms with Crippen molar-refractivity contribution in [3.63, 3.8) is 0 Å². The molecule has 2 aromatic rings. The summed E-state index contributed by atoms with van der Waals surface area (Å²) in [5.74, 6) is 3.13. The van der Waals surface area contributed by atoms with Crippen LogP contribution in [0.3, 0.4) is 0 Å². The number of nitrogens with one attached hydrogen (secondary N) is 2. The van der Waals surface area contributed by atoms with Crippen LogP contribution in [0.25, 0.3) is 11.5 Å². The van der Waals surface area contributed by atoms with Crippen LogP contribution in [-0.2, 0) is 5.54 Å². The van der Waals surface area contributed by atoms with E-state index in [2.05, 4.69) is 25.1 Å². The lowest BCUT2D eigenvalue weighted by Crippen LogP contribution is -2.44. The quantitative estimate of drug-likeness (QED) is 0.798. The number of hydrogen-bond acceptors (Lipinski definition) is 4. The van der Waals surface area contributed by atoms with E-state index in [1.807, 2.05) is 0 Å². The van der Waals surface area contributed by atoms with Gasteiger partial charge in [0.2, 0.25) is 0 Å². The maximum atomic E-state index is 6.28. The van der Waals surface area contributed by atoms with Gasteiger partial charge in [-0.1, -0.05) is 12.8 Å². The molecule has 20 heavy (non-hydrogen) atoms. The maximum absolute atomic E-state index is 6.28. The molecular formula is C14H20N6. The molecule has 6 nitrogen and oxygen atoms in total. The van der Waals surface area contributed by atoms with Gasteiger partial charge in [-0.2, -0.15) is 5.10 Å². The van der Waals surface area contributed by atoms with Crippen molar-refractivity contribution in [1.29, 1.82) is 0 Å². The molecule has 0 aliphatic heterocycles. The number of aromatic amines is 2. The smallest absolute Gasteiger partial charge is 0.199 e. The number of imidazole rings is 1. The molecule has 0 bridgehead atoms. The molecule has 4 rings (SSSR count). The van der Waals surface area contributed by atoms with Crippen LogP contribution in [0.15, 0.2) is 6.20 Å². The summed E-state index contributed by atoms with van der Waals surface area (Å²) < 4.78 is 0. The lowest BCUT2D eigenvalue weighted by molar-refractivity contribution is 0.240. The summed E-state index contributed by atoms with van der Waals surface area (Å²) in [7, 11) is 0. The maximum Gasteiger partial charge on any atom is 0.199 e. The summed E-state index contributed by atoms with van der Waals surface area (Å²) in [6.07, 6.45) is 10.0. The molecule has 0 amide bonds. The highest BCUT2D eigenvalue weighted by Crippen LogP contribution is 2.37. The number of nitrogens with zero attached hydrogens (tertiary/aromatic N) is 3. The van der Waals surface area contributed by atoms with Crippen LogP contribution >= 0.6 is 0 Å². The molecule has 2 aliphatic carbocycles. The van der Waals surface area contributed by atoms with E-state index in [1.54, 1.807) is 6.20 Å². The molecule has 2 heterocycles. The second-order valence-corrected chi connectivity index (χ2v) is 6.18. The van der Waals surface area contributed by atoms with Crippen molar-refractivity contribution < 1.29 is 0 Å². The van der Waals surface area contributed by atoms with E-state index >= 15 is 0 Å². The van der Waals surface area contributed by atoms with Crippen LogP contribution in [0.4, 0.5) is 0 Å². The Labute approximate surface area is 117 Å². The minimum absolute atomic E-state index is 0.261. The Bertz CT molecular complexity index is 603. The number of hydrogen-bond donors (Lipinski definition) is 3. The Balaban J connectivity index is 1.58. The van der Waals surface area contributed by atoms with Crippen LogP contribution in [0.2, 0.25) is 0 Å². The van der Waals surface area contributed by atoms with E-state index < -0.39 is 0 Å². The van der Waals surface area contributed by atoms with Gasteiger partial charge in [0.1, 0.15) is 17.3 Å². The highest BCUT2D eigenvalue weighted by Gasteiger charge is 2.37. The zero-order valence-electron chi connectivity index (χ0n) is 11.5. The van der Waals surface area contributed by atoms with Crippen molar-refractivity contribution in [3.05, 3.63) is 17.8 Å². The van der Waals surface area contributed by atoms with Gasteiger partial charge in [0, 0.05) is 5.92 Å². The van der Waals surface area contributed by atoms with Crippen molar-refractivity contribution >= 4 is 0 Å². The molecule has 2 aromatic heterocycles. The average Bonchev–Trinajstić information content (AvgIpc) is 3.13. The van der Waals surface area contributed by atoms with Gasteiger partial charge in [0.25, 0.3) is 0 Å². The molecule has 2 aliphatic rings. The normalized spacial score (nSPS) is 22.1. The van der Waals surface area contributed by atoms with Gasteiger partial charge in [-0.25, -0.2) is 9.97 Å². The first kappa shape index (κ1) is 12.1. The minimum atomic E-state index is -0.261. The Morgan fingerprint density at radius 1 is 1.20 bits per heavy atom. The Morgan fingerprint density at radius 3 is 2.70 bits per heavy atom. The zero-order chi connectivity index (χ0) is 13.6. The van der Waals surface area contributed by atoms with E-state index in [0.717, 1.165) is 30.2 Å². The van der Waals surface area contributed by atoms with E-state index in [4.69, 9.17) is 5.73 Å². The van der Waals surface area contributed by atoms with Crippen molar-refractivity contribution in [2.45, 2.75) is 56.4 Å². The predicted octanol–water partition coefficient (Wildman–Crippen LogP) is 2.19. The summed E-state index contributed by atoms with van der Waals surface area (Å²) in [5.41, 5.74) is 6.88. The summed E-state index contributed by atoms with van der Waals surface area (Å²) in [4.78, 5) is 12.3. The molecule has 0 unspecified atom stereocenters. The summed E-state index contributed by atoms with van der Waals surface area (Å²) >= 11 is 0. The SMILES string of the molecule is NC1(c2ncc(-c3n[nH]c(C4CCCC4)n3)[nH]2)CCC1. The van der Waals surface area contributed by atoms with Crippen LogP contribution < -0.4 is 5.73 Å². The molecule has 0 spiro atoms. The van der Waals surface area contributed by atoms with Crippen LogP contribution in [-0.4, -0.2) is 25.1 Å². The van der Waals surface area contributed by atoms with Crippen molar-refractivity contribution in [2.24, 2.45) is 5.73 Å². The lowest BCUT2D eigenvalue weighted by Gasteiger charge is -2.35. The largest absolute Gasteiger partial charge is 0.338 e. The van der Waals surface area contributed by atoms with Gasteiger partial charge in [0.05, 0.1) is 11.7 Å². The van der Waals surface area contributed by atoms with Crippen LogP contribution in [0.5, 0.6) is 0 Å². The lowest BCUT2D eigenvalue weighted by atomic mass is 9.77. The summed E-state index contributed by atoms with van der Waals surface area (Å²) in [6.45, 7) is 0. The minimum Gasteiger partial charge on any atom is -0.338 e. The van der Waals surface area contributed by atoms with Gasteiger partial charge in [-0.05, 0) is 32.1 Å². The van der Waals surface area contributed by atoms with Crippen LogP contribution in [0.1, 0.15) is 62.5 Å². The molecule has 0 radical (unpaired) electrons. The van der Waals surface area contributed by atoms with Crippen LogP contribution in [0, 0.1) is 0 Å². The second kappa shape index (κ2) is 4.41. The van der Waals surface area contributed by atoms with E-state index in [9.17, 15) is 0 Å². The molecule has 106 valence electrons. The highest BCUT2D eigenvalue weighted by molar-refractivity contribution is 5.48. The molecule has 2 saturated carbocycles. The van der Waals surface area contributed by atoms with Gasteiger partial charge in [-0.15, -0.1) is 0 Å². The Kier molecular flexibility index (Phi) is 2.66. The second-order valence-electron chi connectivity index (χ2n) is 6.18. The van der Waals surface area contributed by atoms with E-state index in [1.165, 1.54) is 32.1 Å². The molecule has 0 aromatic carbocycles. The van der Waals surface area contributed by atoms with Crippen molar-refractivity contribution in [1.82, 2.24) is 25.1 Å². The fourth-order valence-corrected chi connectivity index (χ4v) is 3.26. The predicted molar refractivity (Wildman–Crippen MR) is 74.9 cm³/mol. The number of aromatic nitrogens is 5. The topological polar surface area (TPSA) is 96.3 Å². The number of H-pyrrole nitrogens is 2. The Morgan fingerprint density at radius 2 is 2.00 bits per heavy atom. The number of rotatable bonds is 3. The summed E-state index contributed by atoms with van der Waals surface area (Å²) in [6, 6.07) is 0. The molecule has 0 atom stereocenters. The standard InChI is InChI=1S/C14H20N6/c15-14(6-3-7-14)13-16-8-10(17-13)12-18-11(19-20-12)9-4-1-2-5-9/h8-9H,1-7,15H2,(H,16,17)(H,18,19,20). The van der Waals surface area contributed by atoms with Gasteiger partial charge >= 0.3 is 0 Å². The third-order valence-electron chi connectivity index (χ3n) is 4.78. The average molecular weight is 272 g/mol. The molecular weight excluding hydrogens is 252 g/mol. The first-order valence-corrected chi connectivity index (χ1v) is 7.52. The molecule has 6 heteroatoms. The zero-order valence-corrected chi connectivity index (χ0v) is 11.5. The third-order valence-corrected chi connectivity index (χ3v) is 4.78. The fraction of sp³-hybridized carbons (Fsp3) is 0.643. The van der Waals surface area contributed by atoms with Gasteiger partial charge in [-0.3, -0.25) is 5.10 Å². The number of nitrogens with two attached hydrogens (primary N) is 1. The molecule has 2 fully saturated rings. The Hall–Kier alpha value is -1.69. The van der Waals surface area contributed by atoms with Crippen molar-refractivity contribution in [2.75, 3.05) is 0 Å². The van der Waals surface area contributed by atoms with E-state index in [-0.39, 0.29) is 5.54 Å². The van der Waals surface area contributed by atoms with Gasteiger partial charge < -0.3 is 10.7 Å². The highest BCUT2D eigenvalue weighted by atomic mass is 15.2. The monoisotopic (exact) mass is 272 g/mol. The first-order valence-electron chi connectivity index (χ1n) is 7.52. The van der Waals surface area contributed by atoms with E-state index in [0.29, 0.717) is 11.7 Å². The summed E-state index contributed by atoms with van der Waals surface area (Å²) in [5, 5.41) is 7.40. The fourth-order valence-electron chi connectivity index (χ4n) is 3.26. The molecule has 4 N–H and O–H groups in total. The third kappa shape index (κ3) is 1.86. The first-order chi connectivity index (χ1) is 9.74. The van der Waals surface area contributed by atoms with Crippen molar-refractivity contribution in [3.8, 4) is 11.5 Å².